The van der Waals surface area contributed by atoms with E-state index in [1.165, 1.54) is 6.07 Å². The fourth-order valence-electron chi connectivity index (χ4n) is 3.34. The highest BCUT2D eigenvalue weighted by atomic mass is 16.4. The molecule has 0 saturated carbocycles. The molecule has 0 bridgehead atoms. The quantitative estimate of drug-likeness (QED) is 0.418. The highest BCUT2D eigenvalue weighted by molar-refractivity contribution is 5.98. The van der Waals surface area contributed by atoms with E-state index in [4.69, 9.17) is 10.2 Å². The third-order valence-electron chi connectivity index (χ3n) is 4.61. The molecule has 132 valence electrons. The van der Waals surface area contributed by atoms with Gasteiger partial charge in [0.05, 0.1) is 16.8 Å². The first kappa shape index (κ1) is 17.1. The van der Waals surface area contributed by atoms with Crippen LogP contribution in [-0.4, -0.2) is 0 Å². The molecule has 1 heterocycles. The van der Waals surface area contributed by atoms with Crippen molar-refractivity contribution in [1.29, 1.82) is 10.5 Å². The molecule has 5 nitrogen and oxygen atoms in total. The second kappa shape index (κ2) is 6.75. The Morgan fingerprint density at radius 3 is 2.14 bits per heavy atom. The minimum absolute atomic E-state index is 0.0960. The van der Waals surface area contributed by atoms with Gasteiger partial charge in [-0.25, -0.2) is 4.79 Å². The SMILES string of the molecule is N#Cc1c(-c2ccccc2)cc(-c2cc(=O)oc3ccccc23)c(C#N)c1N. The van der Waals surface area contributed by atoms with Crippen molar-refractivity contribution in [2.45, 2.75) is 0 Å². The van der Waals surface area contributed by atoms with Gasteiger partial charge in [-0.2, -0.15) is 10.5 Å². The number of fused-ring (bicyclic) bond motifs is 1. The van der Waals surface area contributed by atoms with E-state index in [9.17, 15) is 15.3 Å². The van der Waals surface area contributed by atoms with Crippen LogP contribution in [0.3, 0.4) is 0 Å². The molecule has 28 heavy (non-hydrogen) atoms. The van der Waals surface area contributed by atoms with Gasteiger partial charge in [-0.15, -0.1) is 0 Å². The maximum absolute atomic E-state index is 12.1. The highest BCUT2D eigenvalue weighted by Crippen LogP contribution is 2.38. The lowest BCUT2D eigenvalue weighted by molar-refractivity contribution is 0.561. The average molecular weight is 363 g/mol. The second-order valence-electron chi connectivity index (χ2n) is 6.20. The predicted molar refractivity (Wildman–Crippen MR) is 107 cm³/mol. The molecule has 0 aliphatic heterocycles. The molecule has 0 aliphatic rings. The van der Waals surface area contributed by atoms with Crippen LogP contribution < -0.4 is 11.4 Å². The van der Waals surface area contributed by atoms with Crippen LogP contribution in [0.15, 0.2) is 75.9 Å². The molecule has 0 unspecified atom stereocenters. The first-order chi connectivity index (χ1) is 13.6. The average Bonchev–Trinajstić information content (AvgIpc) is 2.73. The zero-order valence-corrected chi connectivity index (χ0v) is 14.6. The monoisotopic (exact) mass is 363 g/mol. The summed E-state index contributed by atoms with van der Waals surface area (Å²) in [6.07, 6.45) is 0. The van der Waals surface area contributed by atoms with Gasteiger partial charge in [0.2, 0.25) is 0 Å². The third kappa shape index (κ3) is 2.68. The summed E-state index contributed by atoms with van der Waals surface area (Å²) in [5, 5.41) is 20.1. The number of nitriles is 2. The van der Waals surface area contributed by atoms with Gasteiger partial charge in [0.1, 0.15) is 17.7 Å². The number of benzene rings is 3. The van der Waals surface area contributed by atoms with Crippen molar-refractivity contribution in [3.63, 3.8) is 0 Å². The number of nitrogens with two attached hydrogens (primary N) is 1. The van der Waals surface area contributed by atoms with Gasteiger partial charge < -0.3 is 10.2 Å². The summed E-state index contributed by atoms with van der Waals surface area (Å²) in [6, 6.07) is 23.7. The lowest BCUT2D eigenvalue weighted by Crippen LogP contribution is -2.03. The van der Waals surface area contributed by atoms with Gasteiger partial charge in [0.15, 0.2) is 0 Å². The number of anilines is 1. The molecule has 2 N–H and O–H groups in total. The lowest BCUT2D eigenvalue weighted by atomic mass is 9.89. The summed E-state index contributed by atoms with van der Waals surface area (Å²) < 4.78 is 5.27. The maximum atomic E-state index is 12.1. The van der Waals surface area contributed by atoms with Crippen LogP contribution in [0.25, 0.3) is 33.2 Å². The highest BCUT2D eigenvalue weighted by Gasteiger charge is 2.20. The van der Waals surface area contributed by atoms with Crippen LogP contribution in [0.1, 0.15) is 11.1 Å². The van der Waals surface area contributed by atoms with Gasteiger partial charge in [-0.3, -0.25) is 0 Å². The molecule has 4 rings (SSSR count). The molecule has 3 aromatic carbocycles. The Labute approximate surface area is 160 Å². The summed E-state index contributed by atoms with van der Waals surface area (Å²) in [5.74, 6) is 0. The number of nitrogens with zero attached hydrogens (tertiary/aromatic N) is 2. The number of hydrogen-bond acceptors (Lipinski definition) is 5. The molecular formula is C23H13N3O2. The fraction of sp³-hybridized carbons (Fsp3) is 0. The fourth-order valence-corrected chi connectivity index (χ4v) is 3.34. The van der Waals surface area contributed by atoms with E-state index in [1.54, 1.807) is 18.2 Å². The minimum atomic E-state index is -0.526. The standard InChI is InChI=1S/C23H13N3O2/c24-12-19-16(14-6-2-1-3-7-14)10-17(20(13-25)23(19)26)18-11-22(27)28-21-9-5-4-8-15(18)21/h1-11H,26H2. The van der Waals surface area contributed by atoms with E-state index in [1.807, 2.05) is 42.5 Å². The van der Waals surface area contributed by atoms with Crippen molar-refractivity contribution in [1.82, 2.24) is 0 Å². The largest absolute Gasteiger partial charge is 0.423 e. The molecule has 0 spiro atoms. The topological polar surface area (TPSA) is 104 Å². The normalized spacial score (nSPS) is 10.4. The van der Waals surface area contributed by atoms with Crippen molar-refractivity contribution in [3.8, 4) is 34.4 Å². The van der Waals surface area contributed by atoms with Gasteiger partial charge >= 0.3 is 5.63 Å². The van der Waals surface area contributed by atoms with Crippen LogP contribution in [0.5, 0.6) is 0 Å². The molecule has 0 amide bonds. The Morgan fingerprint density at radius 1 is 0.786 bits per heavy atom. The molecular weight excluding hydrogens is 350 g/mol. The van der Waals surface area contributed by atoms with Crippen LogP contribution >= 0.6 is 0 Å². The summed E-state index contributed by atoms with van der Waals surface area (Å²) >= 11 is 0. The zero-order chi connectivity index (χ0) is 19.7. The Hall–Kier alpha value is -4.35. The van der Waals surface area contributed by atoms with E-state index >= 15 is 0 Å². The molecule has 0 aliphatic carbocycles. The number of nitrogen functional groups attached to an aromatic ring is 1. The Balaban J connectivity index is 2.15. The van der Waals surface area contributed by atoms with Crippen LogP contribution in [0, 0.1) is 22.7 Å². The Bertz CT molecular complexity index is 1360. The van der Waals surface area contributed by atoms with Crippen LogP contribution in [0.2, 0.25) is 0 Å². The molecule has 0 fully saturated rings. The molecule has 0 radical (unpaired) electrons. The number of hydrogen-bond donors (Lipinski definition) is 1. The first-order valence-corrected chi connectivity index (χ1v) is 8.49. The third-order valence-corrected chi connectivity index (χ3v) is 4.61. The van der Waals surface area contributed by atoms with Gasteiger partial charge in [-0.05, 0) is 17.7 Å². The molecule has 4 aromatic rings. The van der Waals surface area contributed by atoms with Crippen molar-refractivity contribution < 1.29 is 4.42 Å². The zero-order valence-electron chi connectivity index (χ0n) is 14.6. The molecule has 1 aromatic heterocycles. The summed E-state index contributed by atoms with van der Waals surface area (Å²) in [7, 11) is 0. The molecule has 5 heteroatoms. The van der Waals surface area contributed by atoms with Crippen molar-refractivity contribution in [2.24, 2.45) is 0 Å². The Morgan fingerprint density at radius 2 is 1.43 bits per heavy atom. The van der Waals surface area contributed by atoms with E-state index in [-0.39, 0.29) is 16.8 Å². The van der Waals surface area contributed by atoms with Crippen molar-refractivity contribution in [3.05, 3.63) is 88.3 Å². The van der Waals surface area contributed by atoms with E-state index in [2.05, 4.69) is 12.1 Å². The van der Waals surface area contributed by atoms with Gasteiger partial charge in [-0.1, -0.05) is 48.5 Å². The Kier molecular flexibility index (Phi) is 4.12. The summed E-state index contributed by atoms with van der Waals surface area (Å²) in [5.41, 5.74) is 9.02. The lowest BCUT2D eigenvalue weighted by Gasteiger charge is -2.14. The van der Waals surface area contributed by atoms with Crippen molar-refractivity contribution >= 4 is 16.7 Å². The minimum Gasteiger partial charge on any atom is -0.423 e. The number of rotatable bonds is 2. The summed E-state index contributed by atoms with van der Waals surface area (Å²) in [6.45, 7) is 0. The van der Waals surface area contributed by atoms with Gasteiger partial charge in [0.25, 0.3) is 0 Å². The first-order valence-electron chi connectivity index (χ1n) is 8.49. The van der Waals surface area contributed by atoms with Crippen molar-refractivity contribution in [2.75, 3.05) is 5.73 Å². The second-order valence-corrected chi connectivity index (χ2v) is 6.20. The smallest absolute Gasteiger partial charge is 0.336 e. The van der Waals surface area contributed by atoms with Crippen LogP contribution in [0.4, 0.5) is 5.69 Å². The van der Waals surface area contributed by atoms with E-state index in [0.29, 0.717) is 27.7 Å². The molecule has 0 atom stereocenters. The molecule has 0 saturated heterocycles. The summed E-state index contributed by atoms with van der Waals surface area (Å²) in [4.78, 5) is 12.1. The van der Waals surface area contributed by atoms with Crippen LogP contribution in [-0.2, 0) is 0 Å². The number of para-hydroxylation sites is 1. The predicted octanol–water partition coefficient (Wildman–Crippen LogP) is 4.45. The van der Waals surface area contributed by atoms with Gasteiger partial charge in [0, 0.05) is 28.1 Å². The maximum Gasteiger partial charge on any atom is 0.336 e. The van der Waals surface area contributed by atoms with E-state index in [0.717, 1.165) is 5.56 Å². The van der Waals surface area contributed by atoms with E-state index < -0.39 is 5.63 Å².